The van der Waals surface area contributed by atoms with Gasteiger partial charge in [0, 0.05) is 34.0 Å². The molecule has 0 bridgehead atoms. The lowest BCUT2D eigenvalue weighted by Gasteiger charge is -2.21. The molecule has 3 rings (SSSR count). The second-order valence-corrected chi connectivity index (χ2v) is 7.48. The van der Waals surface area contributed by atoms with Gasteiger partial charge in [0.1, 0.15) is 0 Å². The van der Waals surface area contributed by atoms with Crippen molar-refractivity contribution < 1.29 is 4.79 Å². The van der Waals surface area contributed by atoms with Crippen LogP contribution in [0.4, 0.5) is 5.69 Å². The summed E-state index contributed by atoms with van der Waals surface area (Å²) < 4.78 is 1.83. The minimum Gasteiger partial charge on any atom is -0.358 e. The number of aromatic amines is 1. The topological polar surface area (TPSA) is 79.8 Å². The first kappa shape index (κ1) is 17.9. The molecule has 0 radical (unpaired) electrons. The van der Waals surface area contributed by atoms with Gasteiger partial charge < -0.3 is 10.3 Å². The fraction of sp³-hybridized carbons (Fsp3) is 0.350. The van der Waals surface area contributed by atoms with E-state index in [0.29, 0.717) is 16.8 Å². The van der Waals surface area contributed by atoms with E-state index in [1.165, 1.54) is 0 Å². The van der Waals surface area contributed by atoms with Crippen molar-refractivity contribution in [3.05, 3.63) is 57.6 Å². The zero-order valence-corrected chi connectivity index (χ0v) is 15.8. The van der Waals surface area contributed by atoms with E-state index in [1.54, 1.807) is 24.3 Å². The van der Waals surface area contributed by atoms with E-state index < -0.39 is 0 Å². The molecule has 0 saturated heterocycles. The Morgan fingerprint density at radius 3 is 2.58 bits per heavy atom. The highest BCUT2D eigenvalue weighted by atomic mass is 16.2. The highest BCUT2D eigenvalue weighted by Crippen LogP contribution is 2.19. The van der Waals surface area contributed by atoms with Crippen LogP contribution in [0.3, 0.4) is 0 Å². The molecule has 6 nitrogen and oxygen atoms in total. The number of aromatic nitrogens is 3. The normalized spacial score (nSPS) is 11.7. The number of hydrogen-bond donors (Lipinski definition) is 2. The van der Waals surface area contributed by atoms with Crippen LogP contribution in [-0.4, -0.2) is 20.7 Å². The van der Waals surface area contributed by atoms with Gasteiger partial charge in [-0.25, -0.2) is 0 Å². The lowest BCUT2D eigenvalue weighted by Crippen LogP contribution is -2.25. The zero-order valence-electron chi connectivity index (χ0n) is 15.8. The number of anilines is 1. The van der Waals surface area contributed by atoms with Crippen LogP contribution in [0.2, 0.25) is 0 Å². The van der Waals surface area contributed by atoms with E-state index in [1.807, 2.05) is 45.4 Å². The summed E-state index contributed by atoms with van der Waals surface area (Å²) in [7, 11) is 0. The van der Waals surface area contributed by atoms with Gasteiger partial charge in [-0.2, -0.15) is 5.10 Å². The van der Waals surface area contributed by atoms with Gasteiger partial charge >= 0.3 is 0 Å². The third kappa shape index (κ3) is 3.40. The number of amides is 1. The van der Waals surface area contributed by atoms with Gasteiger partial charge in [0.25, 0.3) is 5.91 Å². The standard InChI is InChI=1S/C20H24N4O2/c1-6-13-11-18(25)15-10-14(7-8-16(15)21-13)22-19(26)17-9-12(2)24(23-17)20(3,4)5/h7-11H,6H2,1-5H3,(H,21,25)(H,22,26). The van der Waals surface area contributed by atoms with Crippen molar-refractivity contribution in [3.63, 3.8) is 0 Å². The van der Waals surface area contributed by atoms with E-state index >= 15 is 0 Å². The lowest BCUT2D eigenvalue weighted by molar-refractivity contribution is 0.102. The third-order valence-corrected chi connectivity index (χ3v) is 4.28. The second-order valence-electron chi connectivity index (χ2n) is 7.48. The van der Waals surface area contributed by atoms with E-state index in [0.717, 1.165) is 23.3 Å². The molecule has 1 amide bonds. The Balaban J connectivity index is 1.90. The van der Waals surface area contributed by atoms with Crippen molar-refractivity contribution in [2.45, 2.75) is 46.6 Å². The molecule has 0 aliphatic carbocycles. The number of carbonyl (C=O) groups is 1. The van der Waals surface area contributed by atoms with Crippen molar-refractivity contribution in [2.24, 2.45) is 0 Å². The van der Waals surface area contributed by atoms with Gasteiger partial charge in [-0.3, -0.25) is 14.3 Å². The first-order chi connectivity index (χ1) is 12.2. The van der Waals surface area contributed by atoms with E-state index in [9.17, 15) is 9.59 Å². The number of fused-ring (bicyclic) bond motifs is 1. The molecular formula is C20H24N4O2. The molecule has 2 aromatic heterocycles. The van der Waals surface area contributed by atoms with Crippen LogP contribution in [0.25, 0.3) is 10.9 Å². The summed E-state index contributed by atoms with van der Waals surface area (Å²) >= 11 is 0. The number of aryl methyl sites for hydroxylation is 2. The molecule has 3 aromatic rings. The molecule has 0 unspecified atom stereocenters. The van der Waals surface area contributed by atoms with Gasteiger partial charge in [-0.05, 0) is 58.4 Å². The predicted molar refractivity (Wildman–Crippen MR) is 104 cm³/mol. The molecule has 6 heteroatoms. The van der Waals surface area contributed by atoms with Crippen molar-refractivity contribution in [1.82, 2.24) is 14.8 Å². The van der Waals surface area contributed by atoms with Crippen molar-refractivity contribution in [3.8, 4) is 0 Å². The summed E-state index contributed by atoms with van der Waals surface area (Å²) in [5, 5.41) is 7.80. The number of hydrogen-bond acceptors (Lipinski definition) is 3. The van der Waals surface area contributed by atoms with Crippen molar-refractivity contribution in [1.29, 1.82) is 0 Å². The number of nitrogens with zero attached hydrogens (tertiary/aromatic N) is 2. The van der Waals surface area contributed by atoms with Crippen LogP contribution in [0.1, 0.15) is 49.6 Å². The molecule has 2 N–H and O–H groups in total. The molecule has 0 aliphatic rings. The molecule has 0 fully saturated rings. The smallest absolute Gasteiger partial charge is 0.276 e. The van der Waals surface area contributed by atoms with Crippen LogP contribution in [0.5, 0.6) is 0 Å². The summed E-state index contributed by atoms with van der Waals surface area (Å²) in [5.41, 5.74) is 3.25. The Bertz CT molecular complexity index is 1040. The van der Waals surface area contributed by atoms with Gasteiger partial charge in [0.15, 0.2) is 11.1 Å². The molecule has 136 valence electrons. The van der Waals surface area contributed by atoms with Crippen molar-refractivity contribution in [2.75, 3.05) is 5.32 Å². The fourth-order valence-corrected chi connectivity index (χ4v) is 3.03. The van der Waals surface area contributed by atoms with Crippen LogP contribution in [0, 0.1) is 6.92 Å². The maximum Gasteiger partial charge on any atom is 0.276 e. The van der Waals surface area contributed by atoms with E-state index in [-0.39, 0.29) is 16.9 Å². The minimum absolute atomic E-state index is 0.0560. The Kier molecular flexibility index (Phi) is 4.44. The SMILES string of the molecule is CCc1cc(=O)c2cc(NC(=O)c3cc(C)n(C(C)(C)C)n3)ccc2[nH]1. The third-order valence-electron chi connectivity index (χ3n) is 4.28. The Hall–Kier alpha value is -2.89. The van der Waals surface area contributed by atoms with Gasteiger partial charge in [-0.1, -0.05) is 6.92 Å². The summed E-state index contributed by atoms with van der Waals surface area (Å²) in [5.74, 6) is -0.294. The Morgan fingerprint density at radius 2 is 1.96 bits per heavy atom. The van der Waals surface area contributed by atoms with Crippen LogP contribution in [0.15, 0.2) is 35.1 Å². The summed E-state index contributed by atoms with van der Waals surface area (Å²) in [4.78, 5) is 28.1. The second kappa shape index (κ2) is 6.44. The largest absolute Gasteiger partial charge is 0.358 e. The average molecular weight is 352 g/mol. The maximum atomic E-state index is 12.6. The van der Waals surface area contributed by atoms with Crippen LogP contribution in [-0.2, 0) is 12.0 Å². The summed E-state index contributed by atoms with van der Waals surface area (Å²) in [6.07, 6.45) is 0.763. The molecule has 1 aromatic carbocycles. The fourth-order valence-electron chi connectivity index (χ4n) is 3.03. The zero-order chi connectivity index (χ0) is 19.1. The molecule has 0 saturated carbocycles. The molecule has 0 atom stereocenters. The highest BCUT2D eigenvalue weighted by Gasteiger charge is 2.20. The predicted octanol–water partition coefficient (Wildman–Crippen LogP) is 3.60. The lowest BCUT2D eigenvalue weighted by atomic mass is 10.1. The van der Waals surface area contributed by atoms with Crippen LogP contribution >= 0.6 is 0 Å². The first-order valence-electron chi connectivity index (χ1n) is 8.73. The number of benzene rings is 1. The van der Waals surface area contributed by atoms with Crippen LogP contribution < -0.4 is 10.7 Å². The Labute approximate surface area is 152 Å². The molecular weight excluding hydrogens is 328 g/mol. The van der Waals surface area contributed by atoms with Crippen molar-refractivity contribution >= 4 is 22.5 Å². The number of nitrogens with one attached hydrogen (secondary N) is 2. The molecule has 0 spiro atoms. The van der Waals surface area contributed by atoms with Gasteiger partial charge in [0.05, 0.1) is 5.54 Å². The Morgan fingerprint density at radius 1 is 1.23 bits per heavy atom. The van der Waals surface area contributed by atoms with E-state index in [2.05, 4.69) is 15.4 Å². The molecule has 0 aliphatic heterocycles. The van der Waals surface area contributed by atoms with Gasteiger partial charge in [-0.15, -0.1) is 0 Å². The quantitative estimate of drug-likeness (QED) is 0.756. The highest BCUT2D eigenvalue weighted by molar-refractivity contribution is 6.03. The summed E-state index contributed by atoms with van der Waals surface area (Å²) in [6.45, 7) is 10.0. The summed E-state index contributed by atoms with van der Waals surface area (Å²) in [6, 6.07) is 8.65. The maximum absolute atomic E-state index is 12.6. The monoisotopic (exact) mass is 352 g/mol. The van der Waals surface area contributed by atoms with E-state index in [4.69, 9.17) is 0 Å². The number of H-pyrrole nitrogens is 1. The number of pyridine rings is 1. The minimum atomic E-state index is -0.294. The average Bonchev–Trinajstić information content (AvgIpc) is 2.97. The molecule has 2 heterocycles. The van der Waals surface area contributed by atoms with Gasteiger partial charge in [0.2, 0.25) is 0 Å². The first-order valence-corrected chi connectivity index (χ1v) is 8.73. The number of rotatable bonds is 3. The molecule has 26 heavy (non-hydrogen) atoms. The number of carbonyl (C=O) groups excluding carboxylic acids is 1.